The number of nitrogens with one attached hydrogen (secondary N) is 1. The normalized spacial score (nSPS) is 15.3. The van der Waals surface area contributed by atoms with Gasteiger partial charge in [-0.25, -0.2) is 4.39 Å². The van der Waals surface area contributed by atoms with E-state index < -0.39 is 11.4 Å². The molecule has 1 N–H and O–H groups in total. The largest absolute Gasteiger partial charge is 0.598 e. The van der Waals surface area contributed by atoms with Crippen molar-refractivity contribution in [1.82, 2.24) is 9.29 Å². The van der Waals surface area contributed by atoms with Crippen LogP contribution in [0.3, 0.4) is 0 Å². The van der Waals surface area contributed by atoms with Crippen molar-refractivity contribution in [2.24, 2.45) is 5.41 Å². The summed E-state index contributed by atoms with van der Waals surface area (Å²) >= 11 is 2.08. The molecular formula is C20H30BrFN2O2S. The standard InChI is InChI=1S/C20H30BrFN2O2S/c1-13(23-27(25)19(2,3)4)15-10-24(11-20(5,6)12-26-7)18-9-16(21)17(22)8-14(15)18/h8-10,13,23H,11-12H2,1-7H3/t13-,27?/m1/s1. The van der Waals surface area contributed by atoms with E-state index in [9.17, 15) is 8.94 Å². The molecule has 152 valence electrons. The quantitative estimate of drug-likeness (QED) is 0.568. The molecule has 27 heavy (non-hydrogen) atoms. The number of halogens is 2. The summed E-state index contributed by atoms with van der Waals surface area (Å²) in [7, 11) is 1.70. The topological polar surface area (TPSA) is 49.2 Å². The van der Waals surface area contributed by atoms with Crippen molar-refractivity contribution in [3.05, 3.63) is 34.2 Å². The Morgan fingerprint density at radius 1 is 1.30 bits per heavy atom. The SMILES string of the molecule is COCC(C)(C)Cn1cc([C@@H](C)N[S+]([O-])C(C)(C)C)c2cc(F)c(Br)cc21. The van der Waals surface area contributed by atoms with Crippen LogP contribution in [0.25, 0.3) is 10.9 Å². The zero-order valence-corrected chi connectivity index (χ0v) is 19.6. The van der Waals surface area contributed by atoms with Gasteiger partial charge in [-0.05, 0) is 61.3 Å². The number of rotatable bonds is 7. The Bertz CT molecular complexity index is 801. The minimum atomic E-state index is -1.22. The van der Waals surface area contributed by atoms with Gasteiger partial charge in [-0.3, -0.25) is 0 Å². The fourth-order valence-electron chi connectivity index (χ4n) is 3.09. The third-order valence-electron chi connectivity index (χ3n) is 4.39. The number of ether oxygens (including phenoxy) is 1. The van der Waals surface area contributed by atoms with Gasteiger partial charge in [-0.2, -0.15) is 0 Å². The zero-order valence-electron chi connectivity index (χ0n) is 17.2. The molecular weight excluding hydrogens is 431 g/mol. The molecule has 0 saturated carbocycles. The van der Waals surface area contributed by atoms with Crippen molar-refractivity contribution >= 4 is 38.2 Å². The molecule has 2 aromatic rings. The average molecular weight is 461 g/mol. The maximum absolute atomic E-state index is 14.3. The maximum Gasteiger partial charge on any atom is 0.138 e. The third-order valence-corrected chi connectivity index (χ3v) is 6.68. The summed E-state index contributed by atoms with van der Waals surface area (Å²) in [6.45, 7) is 13.4. The summed E-state index contributed by atoms with van der Waals surface area (Å²) in [5.41, 5.74) is 1.80. The second-order valence-electron chi connectivity index (χ2n) is 8.81. The molecule has 2 rings (SSSR count). The van der Waals surface area contributed by atoms with Gasteiger partial charge >= 0.3 is 0 Å². The van der Waals surface area contributed by atoms with E-state index in [2.05, 4.69) is 39.1 Å². The van der Waals surface area contributed by atoms with Crippen molar-refractivity contribution in [3.63, 3.8) is 0 Å². The first-order chi connectivity index (χ1) is 12.4. The monoisotopic (exact) mass is 460 g/mol. The van der Waals surface area contributed by atoms with Crippen LogP contribution in [-0.2, 0) is 22.6 Å². The summed E-state index contributed by atoms with van der Waals surface area (Å²) < 4.78 is 37.5. The number of fused-ring (bicyclic) bond motifs is 1. The Hall–Kier alpha value is -0.600. The van der Waals surface area contributed by atoms with Crippen LogP contribution in [0, 0.1) is 11.2 Å². The van der Waals surface area contributed by atoms with Gasteiger partial charge < -0.3 is 13.9 Å². The summed E-state index contributed by atoms with van der Waals surface area (Å²) in [6.07, 6.45) is 2.03. The highest BCUT2D eigenvalue weighted by molar-refractivity contribution is 9.10. The molecule has 4 nitrogen and oxygen atoms in total. The highest BCUT2D eigenvalue weighted by Gasteiger charge is 2.30. The predicted octanol–water partition coefficient (Wildman–Crippen LogP) is 5.33. The van der Waals surface area contributed by atoms with E-state index in [0.717, 1.165) is 23.0 Å². The number of aromatic nitrogens is 1. The first-order valence-electron chi connectivity index (χ1n) is 9.00. The fourth-order valence-corrected chi connectivity index (χ4v) is 4.22. The molecule has 0 aliphatic rings. The summed E-state index contributed by atoms with van der Waals surface area (Å²) in [4.78, 5) is 0. The van der Waals surface area contributed by atoms with Gasteiger partial charge in [0, 0.05) is 47.5 Å². The lowest BCUT2D eigenvalue weighted by molar-refractivity contribution is 0.0928. The van der Waals surface area contributed by atoms with Crippen molar-refractivity contribution in [1.29, 1.82) is 0 Å². The molecule has 2 atom stereocenters. The lowest BCUT2D eigenvalue weighted by Crippen LogP contribution is -2.40. The Kier molecular flexibility index (Phi) is 7.07. The smallest absolute Gasteiger partial charge is 0.138 e. The van der Waals surface area contributed by atoms with E-state index in [0.29, 0.717) is 11.1 Å². The van der Waals surface area contributed by atoms with Gasteiger partial charge in [0.25, 0.3) is 0 Å². The van der Waals surface area contributed by atoms with Gasteiger partial charge in [-0.1, -0.05) is 13.8 Å². The molecule has 0 radical (unpaired) electrons. The highest BCUT2D eigenvalue weighted by Crippen LogP contribution is 2.33. The van der Waals surface area contributed by atoms with Crippen LogP contribution in [0.1, 0.15) is 53.1 Å². The van der Waals surface area contributed by atoms with E-state index in [1.165, 1.54) is 0 Å². The van der Waals surface area contributed by atoms with Crippen molar-refractivity contribution in [2.45, 2.75) is 58.9 Å². The van der Waals surface area contributed by atoms with Crippen LogP contribution >= 0.6 is 15.9 Å². The van der Waals surface area contributed by atoms with Gasteiger partial charge in [0.2, 0.25) is 0 Å². The number of hydrogen-bond acceptors (Lipinski definition) is 3. The zero-order chi connectivity index (χ0) is 20.6. The highest BCUT2D eigenvalue weighted by atomic mass is 79.9. The Morgan fingerprint density at radius 2 is 1.93 bits per heavy atom. The molecule has 1 aromatic carbocycles. The van der Waals surface area contributed by atoms with Gasteiger partial charge in [0.05, 0.1) is 17.1 Å². The second kappa shape index (κ2) is 8.41. The lowest BCUT2D eigenvalue weighted by Gasteiger charge is -2.26. The van der Waals surface area contributed by atoms with Crippen LogP contribution in [0.5, 0.6) is 0 Å². The van der Waals surface area contributed by atoms with Crippen LogP contribution in [-0.4, -0.2) is 27.6 Å². The van der Waals surface area contributed by atoms with E-state index >= 15 is 0 Å². The second-order valence-corrected chi connectivity index (χ2v) is 11.7. The van der Waals surface area contributed by atoms with E-state index in [1.807, 2.05) is 40.0 Å². The van der Waals surface area contributed by atoms with Crippen LogP contribution < -0.4 is 4.72 Å². The third kappa shape index (κ3) is 5.48. The average Bonchev–Trinajstić information content (AvgIpc) is 2.84. The maximum atomic E-state index is 14.3. The molecule has 0 aliphatic heterocycles. The van der Waals surface area contributed by atoms with Gasteiger partial charge in [0.1, 0.15) is 10.6 Å². The van der Waals surface area contributed by atoms with Gasteiger partial charge in [-0.15, -0.1) is 4.72 Å². The molecule has 7 heteroatoms. The number of hydrogen-bond donors (Lipinski definition) is 1. The van der Waals surface area contributed by atoms with Crippen LogP contribution in [0.15, 0.2) is 22.8 Å². The van der Waals surface area contributed by atoms with Crippen molar-refractivity contribution < 1.29 is 13.7 Å². The fraction of sp³-hybridized carbons (Fsp3) is 0.600. The minimum absolute atomic E-state index is 0.0796. The molecule has 1 aromatic heterocycles. The number of benzene rings is 1. The summed E-state index contributed by atoms with van der Waals surface area (Å²) in [6, 6.07) is 3.18. The van der Waals surface area contributed by atoms with Crippen molar-refractivity contribution in [3.8, 4) is 0 Å². The summed E-state index contributed by atoms with van der Waals surface area (Å²) in [5, 5.41) is 0.829. The van der Waals surface area contributed by atoms with Crippen molar-refractivity contribution in [2.75, 3.05) is 13.7 Å². The Labute approximate surface area is 173 Å². The molecule has 0 fully saturated rings. The van der Waals surface area contributed by atoms with E-state index in [4.69, 9.17) is 4.74 Å². The van der Waals surface area contributed by atoms with Crippen LogP contribution in [0.2, 0.25) is 0 Å². The lowest BCUT2D eigenvalue weighted by atomic mass is 9.95. The molecule has 0 spiro atoms. The first-order valence-corrected chi connectivity index (χ1v) is 10.9. The Morgan fingerprint density at radius 3 is 2.48 bits per heavy atom. The molecule has 0 amide bonds. The van der Waals surface area contributed by atoms with Gasteiger partial charge in [0.15, 0.2) is 0 Å². The molecule has 0 saturated heterocycles. The number of nitrogens with zero attached hydrogens (tertiary/aromatic N) is 1. The Balaban J connectivity index is 2.48. The minimum Gasteiger partial charge on any atom is -0.598 e. The van der Waals surface area contributed by atoms with E-state index in [-0.39, 0.29) is 22.0 Å². The first kappa shape index (κ1) is 22.7. The predicted molar refractivity (Wildman–Crippen MR) is 115 cm³/mol. The summed E-state index contributed by atoms with van der Waals surface area (Å²) in [5.74, 6) is -0.304. The molecule has 1 heterocycles. The molecule has 0 bridgehead atoms. The molecule has 0 aliphatic carbocycles. The molecule has 1 unspecified atom stereocenters. The van der Waals surface area contributed by atoms with Crippen LogP contribution in [0.4, 0.5) is 4.39 Å². The number of methoxy groups -OCH3 is 1. The van der Waals surface area contributed by atoms with E-state index in [1.54, 1.807) is 13.2 Å².